The highest BCUT2D eigenvalue weighted by Crippen LogP contribution is 2.33. The van der Waals surface area contributed by atoms with Gasteiger partial charge in [0.2, 0.25) is 0 Å². The molecule has 0 saturated carbocycles. The number of carbonyl (C=O) groups is 4. The molecule has 0 unspecified atom stereocenters. The van der Waals surface area contributed by atoms with Gasteiger partial charge in [0.05, 0.1) is 16.8 Å². The predicted molar refractivity (Wildman–Crippen MR) is 134 cm³/mol. The first kappa shape index (κ1) is 22.7. The minimum absolute atomic E-state index is 0.00754. The number of hydrogen-bond acceptors (Lipinski definition) is 6. The van der Waals surface area contributed by atoms with Gasteiger partial charge in [-0.1, -0.05) is 54.6 Å². The molecule has 0 bridgehead atoms. The van der Waals surface area contributed by atoms with Crippen molar-refractivity contribution < 1.29 is 23.9 Å². The Labute approximate surface area is 206 Å². The Balaban J connectivity index is 1.29. The number of nitrogens with two attached hydrogens (primary N) is 1. The van der Waals surface area contributed by atoms with E-state index >= 15 is 0 Å². The molecule has 1 aliphatic carbocycles. The first-order chi connectivity index (χ1) is 17.4. The van der Waals surface area contributed by atoms with Gasteiger partial charge < -0.3 is 15.8 Å². The van der Waals surface area contributed by atoms with Crippen LogP contribution in [0.15, 0.2) is 91.0 Å². The zero-order valence-electron chi connectivity index (χ0n) is 19.0. The zero-order chi connectivity index (χ0) is 25.2. The number of ether oxygens (including phenoxy) is 1. The lowest BCUT2D eigenvalue weighted by Gasteiger charge is -2.20. The fourth-order valence-electron chi connectivity index (χ4n) is 4.09. The molecular formula is C29H20N2O5. The molecule has 0 radical (unpaired) electrons. The highest BCUT2D eigenvalue weighted by atomic mass is 16.5. The fourth-order valence-corrected chi connectivity index (χ4v) is 4.09. The van der Waals surface area contributed by atoms with E-state index < -0.39 is 11.8 Å². The SMILES string of the molecule is Nc1c(C(=O)OCc2ccc(C(=O)Nc3ccccc3)cc2)ccc2c1C(=O)c1ccccc1C2=O. The van der Waals surface area contributed by atoms with Crippen molar-refractivity contribution >= 4 is 34.8 Å². The van der Waals surface area contributed by atoms with E-state index in [1.807, 2.05) is 18.2 Å². The maximum Gasteiger partial charge on any atom is 0.340 e. The summed E-state index contributed by atoms with van der Waals surface area (Å²) in [6, 6.07) is 25.1. The van der Waals surface area contributed by atoms with Crippen molar-refractivity contribution in [2.75, 3.05) is 11.1 Å². The van der Waals surface area contributed by atoms with E-state index in [0.717, 1.165) is 0 Å². The molecule has 0 aliphatic heterocycles. The molecule has 1 aliphatic rings. The highest BCUT2D eigenvalue weighted by Gasteiger charge is 2.33. The van der Waals surface area contributed by atoms with Gasteiger partial charge >= 0.3 is 5.97 Å². The van der Waals surface area contributed by atoms with Crippen LogP contribution in [0.2, 0.25) is 0 Å². The van der Waals surface area contributed by atoms with Crippen LogP contribution in [0.3, 0.4) is 0 Å². The largest absolute Gasteiger partial charge is 0.457 e. The van der Waals surface area contributed by atoms with Crippen LogP contribution >= 0.6 is 0 Å². The minimum atomic E-state index is -0.722. The molecular weight excluding hydrogens is 456 g/mol. The van der Waals surface area contributed by atoms with E-state index in [1.165, 1.54) is 12.1 Å². The Bertz CT molecular complexity index is 1530. The Morgan fingerprint density at radius 1 is 0.722 bits per heavy atom. The average molecular weight is 476 g/mol. The van der Waals surface area contributed by atoms with Crippen molar-refractivity contribution in [1.29, 1.82) is 0 Å². The number of esters is 1. The van der Waals surface area contributed by atoms with Crippen LogP contribution in [0.4, 0.5) is 11.4 Å². The van der Waals surface area contributed by atoms with Gasteiger partial charge in [-0.15, -0.1) is 0 Å². The lowest BCUT2D eigenvalue weighted by Crippen LogP contribution is -2.24. The number of nitrogen functional groups attached to an aromatic ring is 1. The van der Waals surface area contributed by atoms with E-state index in [9.17, 15) is 19.2 Å². The van der Waals surface area contributed by atoms with Crippen LogP contribution in [0.5, 0.6) is 0 Å². The third kappa shape index (κ3) is 4.14. The first-order valence-corrected chi connectivity index (χ1v) is 11.2. The van der Waals surface area contributed by atoms with Gasteiger partial charge in [0.1, 0.15) is 6.61 Å². The van der Waals surface area contributed by atoms with Crippen LogP contribution in [0.1, 0.15) is 58.1 Å². The fraction of sp³-hybridized carbons (Fsp3) is 0.0345. The smallest absolute Gasteiger partial charge is 0.340 e. The summed E-state index contributed by atoms with van der Waals surface area (Å²) in [5.74, 6) is -1.70. The second kappa shape index (κ2) is 9.31. The number of carbonyl (C=O) groups excluding carboxylic acids is 4. The van der Waals surface area contributed by atoms with E-state index in [1.54, 1.807) is 60.7 Å². The molecule has 0 atom stereocenters. The number of amides is 1. The maximum atomic E-state index is 13.0. The van der Waals surface area contributed by atoms with Crippen molar-refractivity contribution in [3.05, 3.63) is 130 Å². The van der Waals surface area contributed by atoms with Crippen molar-refractivity contribution in [3.63, 3.8) is 0 Å². The van der Waals surface area contributed by atoms with E-state index in [0.29, 0.717) is 22.4 Å². The first-order valence-electron chi connectivity index (χ1n) is 11.2. The van der Waals surface area contributed by atoms with Crippen LogP contribution in [-0.4, -0.2) is 23.4 Å². The van der Waals surface area contributed by atoms with Gasteiger partial charge in [-0.2, -0.15) is 0 Å². The summed E-state index contributed by atoms with van der Waals surface area (Å²) in [4.78, 5) is 51.0. The van der Waals surface area contributed by atoms with Crippen molar-refractivity contribution in [3.8, 4) is 0 Å². The van der Waals surface area contributed by atoms with Crippen molar-refractivity contribution in [2.45, 2.75) is 6.61 Å². The Hall–Kier alpha value is -5.04. The van der Waals surface area contributed by atoms with Gasteiger partial charge in [0.25, 0.3) is 5.91 Å². The summed E-state index contributed by atoms with van der Waals surface area (Å²) in [6.45, 7) is -0.0638. The van der Waals surface area contributed by atoms with Gasteiger partial charge in [0, 0.05) is 27.9 Å². The number of ketones is 2. The van der Waals surface area contributed by atoms with Gasteiger partial charge in [-0.3, -0.25) is 14.4 Å². The van der Waals surface area contributed by atoms with E-state index in [2.05, 4.69) is 5.32 Å². The number of para-hydroxylation sites is 1. The van der Waals surface area contributed by atoms with E-state index in [-0.39, 0.29) is 46.2 Å². The number of nitrogens with one attached hydrogen (secondary N) is 1. The Kier molecular flexibility index (Phi) is 5.88. The number of rotatable bonds is 5. The summed E-state index contributed by atoms with van der Waals surface area (Å²) in [5.41, 5.74) is 8.65. The molecule has 0 saturated heterocycles. The molecule has 5 rings (SSSR count). The van der Waals surface area contributed by atoms with Crippen molar-refractivity contribution in [1.82, 2.24) is 0 Å². The molecule has 0 spiro atoms. The molecule has 7 heteroatoms. The zero-order valence-corrected chi connectivity index (χ0v) is 19.0. The topological polar surface area (TPSA) is 116 Å². The molecule has 7 nitrogen and oxygen atoms in total. The second-order valence-electron chi connectivity index (χ2n) is 8.25. The third-order valence-corrected chi connectivity index (χ3v) is 5.97. The molecule has 176 valence electrons. The van der Waals surface area contributed by atoms with Crippen molar-refractivity contribution in [2.24, 2.45) is 0 Å². The van der Waals surface area contributed by atoms with Gasteiger partial charge in [-0.05, 0) is 42.0 Å². The second-order valence-corrected chi connectivity index (χ2v) is 8.25. The number of benzene rings is 4. The number of anilines is 2. The van der Waals surface area contributed by atoms with Gasteiger partial charge in [0.15, 0.2) is 11.6 Å². The number of fused-ring (bicyclic) bond motifs is 2. The lowest BCUT2D eigenvalue weighted by molar-refractivity contribution is 0.0473. The summed E-state index contributed by atoms with van der Waals surface area (Å²) in [7, 11) is 0. The van der Waals surface area contributed by atoms with Crippen LogP contribution in [0, 0.1) is 0 Å². The monoisotopic (exact) mass is 476 g/mol. The molecule has 1 amide bonds. The standard InChI is InChI=1S/C29H20N2O5/c30-25-23(15-14-22-24(25)27(33)21-9-5-4-8-20(21)26(22)32)29(35)36-16-17-10-12-18(13-11-17)28(34)31-19-6-2-1-3-7-19/h1-15H,16,30H2,(H,31,34). The summed E-state index contributed by atoms with van der Waals surface area (Å²) < 4.78 is 5.40. The van der Waals surface area contributed by atoms with Gasteiger partial charge in [-0.25, -0.2) is 4.79 Å². The Morgan fingerprint density at radius 2 is 1.36 bits per heavy atom. The Morgan fingerprint density at radius 3 is 2.06 bits per heavy atom. The molecule has 4 aromatic carbocycles. The normalized spacial score (nSPS) is 11.9. The summed E-state index contributed by atoms with van der Waals surface area (Å²) in [6.07, 6.45) is 0. The highest BCUT2D eigenvalue weighted by molar-refractivity contribution is 6.30. The molecule has 0 heterocycles. The molecule has 3 N–H and O–H groups in total. The van der Waals surface area contributed by atoms with Crippen LogP contribution in [0.25, 0.3) is 0 Å². The predicted octanol–water partition coefficient (Wildman–Crippen LogP) is 4.65. The average Bonchev–Trinajstić information content (AvgIpc) is 2.91. The quantitative estimate of drug-likeness (QED) is 0.282. The number of hydrogen-bond donors (Lipinski definition) is 2. The third-order valence-electron chi connectivity index (χ3n) is 5.97. The van der Waals surface area contributed by atoms with Crippen LogP contribution < -0.4 is 11.1 Å². The molecule has 0 fully saturated rings. The molecule has 0 aromatic heterocycles. The van der Waals surface area contributed by atoms with Crippen LogP contribution in [-0.2, 0) is 11.3 Å². The lowest BCUT2D eigenvalue weighted by atomic mass is 9.82. The summed E-state index contributed by atoms with van der Waals surface area (Å²) in [5, 5.41) is 2.80. The van der Waals surface area contributed by atoms with E-state index in [4.69, 9.17) is 10.5 Å². The summed E-state index contributed by atoms with van der Waals surface area (Å²) >= 11 is 0. The minimum Gasteiger partial charge on any atom is -0.457 e. The molecule has 36 heavy (non-hydrogen) atoms. The maximum absolute atomic E-state index is 13.0. The molecule has 4 aromatic rings.